The zero-order chi connectivity index (χ0) is 18.4. The summed E-state index contributed by atoms with van der Waals surface area (Å²) < 4.78 is 45.7. The van der Waals surface area contributed by atoms with Crippen molar-refractivity contribution in [1.82, 2.24) is 9.21 Å². The number of carbonyl (C=O) groups excluding carboxylic acids is 1. The molecule has 0 aromatic heterocycles. The molecule has 6 nitrogen and oxygen atoms in total. The van der Waals surface area contributed by atoms with Crippen LogP contribution in [-0.2, 0) is 14.8 Å². The highest BCUT2D eigenvalue weighted by molar-refractivity contribution is 7.89. The number of nitrogens with zero attached hydrogens (tertiary/aromatic N) is 2. The van der Waals surface area contributed by atoms with Crippen LogP contribution in [0, 0.1) is 5.82 Å². The maximum Gasteiger partial charge on any atom is 0.410 e. The van der Waals surface area contributed by atoms with Gasteiger partial charge in [-0.1, -0.05) is 12.1 Å². The molecule has 25 heavy (non-hydrogen) atoms. The molecule has 0 bridgehead atoms. The van der Waals surface area contributed by atoms with Crippen molar-refractivity contribution in [3.05, 3.63) is 41.2 Å². The molecule has 2 aliphatic rings. The second kappa shape index (κ2) is 6.10. The van der Waals surface area contributed by atoms with Crippen LogP contribution in [0.25, 0.3) is 0 Å². The molecule has 1 aromatic carbocycles. The summed E-state index contributed by atoms with van der Waals surface area (Å²) in [5.74, 6) is -0.759. The van der Waals surface area contributed by atoms with Gasteiger partial charge < -0.3 is 9.64 Å². The van der Waals surface area contributed by atoms with Gasteiger partial charge in [0.15, 0.2) is 0 Å². The number of sulfonamides is 1. The highest BCUT2D eigenvalue weighted by atomic mass is 32.2. The van der Waals surface area contributed by atoms with Gasteiger partial charge in [-0.25, -0.2) is 17.6 Å². The Kier molecular flexibility index (Phi) is 4.36. The Morgan fingerprint density at radius 2 is 1.64 bits per heavy atom. The first-order chi connectivity index (χ1) is 11.6. The van der Waals surface area contributed by atoms with Gasteiger partial charge in [-0.05, 0) is 44.1 Å². The molecule has 0 fully saturated rings. The molecule has 8 heteroatoms. The molecule has 136 valence electrons. The van der Waals surface area contributed by atoms with Crippen LogP contribution in [0.2, 0.25) is 0 Å². The lowest BCUT2D eigenvalue weighted by atomic mass is 10.2. The first kappa shape index (κ1) is 17.9. The fraction of sp³-hybridized carbons (Fsp3) is 0.471. The van der Waals surface area contributed by atoms with E-state index in [4.69, 9.17) is 4.74 Å². The van der Waals surface area contributed by atoms with E-state index in [9.17, 15) is 17.6 Å². The molecule has 1 amide bonds. The molecule has 3 rings (SSSR count). The van der Waals surface area contributed by atoms with Crippen molar-refractivity contribution in [2.75, 3.05) is 26.2 Å². The minimum absolute atomic E-state index is 0.172. The van der Waals surface area contributed by atoms with Gasteiger partial charge in [0.05, 0.1) is 0 Å². The number of halogens is 1. The predicted molar refractivity (Wildman–Crippen MR) is 90.0 cm³/mol. The molecule has 0 unspecified atom stereocenters. The Labute approximate surface area is 146 Å². The second-order valence-electron chi connectivity index (χ2n) is 7.25. The maximum absolute atomic E-state index is 13.9. The minimum Gasteiger partial charge on any atom is -0.444 e. The maximum atomic E-state index is 13.9. The fourth-order valence-corrected chi connectivity index (χ4v) is 4.46. The Morgan fingerprint density at radius 3 is 2.16 bits per heavy atom. The highest BCUT2D eigenvalue weighted by Crippen LogP contribution is 2.31. The van der Waals surface area contributed by atoms with Crippen LogP contribution < -0.4 is 0 Å². The second-order valence-corrected chi connectivity index (χ2v) is 9.15. The number of amides is 1. The van der Waals surface area contributed by atoms with E-state index in [2.05, 4.69) is 0 Å². The van der Waals surface area contributed by atoms with E-state index in [-0.39, 0.29) is 18.0 Å². The number of ether oxygens (including phenoxy) is 1. The average Bonchev–Trinajstić information content (AvgIpc) is 3.04. The van der Waals surface area contributed by atoms with Gasteiger partial charge in [-0.3, -0.25) is 0 Å². The van der Waals surface area contributed by atoms with Crippen LogP contribution in [0.5, 0.6) is 0 Å². The number of hydrogen-bond acceptors (Lipinski definition) is 4. The van der Waals surface area contributed by atoms with Crippen molar-refractivity contribution in [1.29, 1.82) is 0 Å². The lowest BCUT2D eigenvalue weighted by Gasteiger charge is -2.26. The monoisotopic (exact) mass is 368 g/mol. The number of hydrogen-bond donors (Lipinski definition) is 0. The smallest absolute Gasteiger partial charge is 0.410 e. The molecule has 0 aliphatic carbocycles. The van der Waals surface area contributed by atoms with Crippen molar-refractivity contribution in [2.45, 2.75) is 31.3 Å². The van der Waals surface area contributed by atoms with Gasteiger partial charge in [0.25, 0.3) is 0 Å². The predicted octanol–water partition coefficient (Wildman–Crippen LogP) is 2.38. The fourth-order valence-electron chi connectivity index (χ4n) is 2.96. The van der Waals surface area contributed by atoms with E-state index < -0.39 is 27.5 Å². The molecular weight excluding hydrogens is 347 g/mol. The summed E-state index contributed by atoms with van der Waals surface area (Å²) in [6.45, 7) is 6.41. The van der Waals surface area contributed by atoms with E-state index in [1.807, 2.05) is 0 Å². The van der Waals surface area contributed by atoms with Gasteiger partial charge in [0.2, 0.25) is 10.0 Å². The van der Waals surface area contributed by atoms with E-state index in [1.165, 1.54) is 22.5 Å². The molecule has 2 aliphatic heterocycles. The molecule has 0 spiro atoms. The third-order valence-electron chi connectivity index (χ3n) is 4.10. The average molecular weight is 368 g/mol. The molecule has 0 saturated carbocycles. The Balaban J connectivity index is 1.68. The van der Waals surface area contributed by atoms with Gasteiger partial charge in [0, 0.05) is 26.2 Å². The van der Waals surface area contributed by atoms with Crippen LogP contribution in [0.4, 0.5) is 9.18 Å². The molecule has 0 atom stereocenters. The molecule has 2 heterocycles. The summed E-state index contributed by atoms with van der Waals surface area (Å²) in [7, 11) is -3.90. The van der Waals surface area contributed by atoms with Crippen LogP contribution in [0.3, 0.4) is 0 Å². The molecule has 0 saturated heterocycles. The van der Waals surface area contributed by atoms with Gasteiger partial charge in [-0.2, -0.15) is 4.31 Å². The van der Waals surface area contributed by atoms with E-state index in [0.717, 1.165) is 17.2 Å². The lowest BCUT2D eigenvalue weighted by molar-refractivity contribution is 0.0295. The quantitative estimate of drug-likeness (QED) is 0.752. The van der Waals surface area contributed by atoms with E-state index >= 15 is 0 Å². The standard InChI is InChI=1S/C17H21FN2O4S/c1-17(2,3)24-16(21)19-8-12-10-20(11-13(12)9-19)25(22,23)15-7-5-4-6-14(15)18/h4-7H,8-11H2,1-3H3. The van der Waals surface area contributed by atoms with Crippen LogP contribution in [0.15, 0.2) is 40.3 Å². The summed E-state index contributed by atoms with van der Waals surface area (Å²) in [5.41, 5.74) is 1.18. The van der Waals surface area contributed by atoms with Crippen molar-refractivity contribution >= 4 is 16.1 Å². The molecular formula is C17H21FN2O4S. The van der Waals surface area contributed by atoms with Gasteiger partial charge in [-0.15, -0.1) is 0 Å². The third kappa shape index (κ3) is 3.55. The first-order valence-electron chi connectivity index (χ1n) is 8.00. The number of carbonyl (C=O) groups is 1. The molecule has 1 aromatic rings. The summed E-state index contributed by atoms with van der Waals surface area (Å²) in [5, 5.41) is 0. The number of benzene rings is 1. The minimum atomic E-state index is -3.90. The van der Waals surface area contributed by atoms with Gasteiger partial charge in [0.1, 0.15) is 16.3 Å². The van der Waals surface area contributed by atoms with Crippen molar-refractivity contribution in [3.8, 4) is 0 Å². The highest BCUT2D eigenvalue weighted by Gasteiger charge is 2.39. The van der Waals surface area contributed by atoms with Crippen molar-refractivity contribution < 1.29 is 22.3 Å². The SMILES string of the molecule is CC(C)(C)OC(=O)N1CC2=C(C1)CN(S(=O)(=O)c1ccccc1F)C2. The summed E-state index contributed by atoms with van der Waals surface area (Å²) in [4.78, 5) is 13.4. The van der Waals surface area contributed by atoms with Crippen molar-refractivity contribution in [3.63, 3.8) is 0 Å². The van der Waals surface area contributed by atoms with E-state index in [1.54, 1.807) is 25.7 Å². The summed E-state index contributed by atoms with van der Waals surface area (Å²) in [6.07, 6.45) is -0.412. The van der Waals surface area contributed by atoms with E-state index in [0.29, 0.717) is 13.1 Å². The summed E-state index contributed by atoms with van der Waals surface area (Å²) >= 11 is 0. The molecule has 0 N–H and O–H groups in total. The van der Waals surface area contributed by atoms with Crippen LogP contribution >= 0.6 is 0 Å². The zero-order valence-electron chi connectivity index (χ0n) is 14.5. The molecule has 0 radical (unpaired) electrons. The number of rotatable bonds is 2. The Bertz CT molecular complexity index is 824. The largest absolute Gasteiger partial charge is 0.444 e. The lowest BCUT2D eigenvalue weighted by Crippen LogP contribution is -2.39. The normalized spacial score (nSPS) is 18.6. The third-order valence-corrected chi connectivity index (χ3v) is 5.93. The van der Waals surface area contributed by atoms with Crippen LogP contribution in [-0.4, -0.2) is 55.5 Å². The zero-order valence-corrected chi connectivity index (χ0v) is 15.3. The van der Waals surface area contributed by atoms with Gasteiger partial charge >= 0.3 is 6.09 Å². The Morgan fingerprint density at radius 1 is 1.08 bits per heavy atom. The van der Waals surface area contributed by atoms with Crippen LogP contribution in [0.1, 0.15) is 20.8 Å². The Hall–Kier alpha value is -1.93. The summed E-state index contributed by atoms with van der Waals surface area (Å²) in [6, 6.07) is 5.35. The van der Waals surface area contributed by atoms with Crippen molar-refractivity contribution in [2.24, 2.45) is 0 Å². The topological polar surface area (TPSA) is 66.9 Å². The first-order valence-corrected chi connectivity index (χ1v) is 9.44.